The summed E-state index contributed by atoms with van der Waals surface area (Å²) in [6.45, 7) is 14.6. The van der Waals surface area contributed by atoms with Crippen LogP contribution in [0.15, 0.2) is 0 Å². The third-order valence-electron chi connectivity index (χ3n) is 12.0. The third-order valence-corrected chi connectivity index (χ3v) is 12.0. The largest absolute Gasteiger partial charge is 0.462 e. The van der Waals surface area contributed by atoms with Crippen LogP contribution in [0.3, 0.4) is 0 Å². The fraction of sp³-hybridized carbons (Fsp3) is 0.933. The van der Waals surface area contributed by atoms with E-state index in [9.17, 15) is 24.9 Å². The summed E-state index contributed by atoms with van der Waals surface area (Å²) in [4.78, 5) is 25.4. The summed E-state index contributed by atoms with van der Waals surface area (Å²) in [5, 5.41) is 36.0. The third kappa shape index (κ3) is 4.00. The number of Topliss-reactive ketones (excluding diaryl/α,β-unsaturated/α-hetero) is 1. The zero-order valence-corrected chi connectivity index (χ0v) is 23.5. The summed E-state index contributed by atoms with van der Waals surface area (Å²) >= 11 is 0. The van der Waals surface area contributed by atoms with Crippen molar-refractivity contribution < 1.29 is 29.6 Å². The van der Waals surface area contributed by atoms with Crippen LogP contribution >= 0.6 is 0 Å². The van der Waals surface area contributed by atoms with Crippen molar-refractivity contribution in [2.75, 3.05) is 0 Å². The van der Waals surface area contributed by atoms with Crippen LogP contribution in [-0.2, 0) is 14.3 Å². The second-order valence-electron chi connectivity index (χ2n) is 14.1. The minimum absolute atomic E-state index is 0.000871. The quantitative estimate of drug-likeness (QED) is 0.453. The summed E-state index contributed by atoms with van der Waals surface area (Å²) < 4.78 is 5.41. The maximum Gasteiger partial charge on any atom is 0.302 e. The van der Waals surface area contributed by atoms with Gasteiger partial charge in [0.2, 0.25) is 0 Å². The van der Waals surface area contributed by atoms with Gasteiger partial charge >= 0.3 is 5.97 Å². The van der Waals surface area contributed by atoms with E-state index in [1.807, 2.05) is 6.92 Å². The Hall–Kier alpha value is -0.980. The predicted octanol–water partition coefficient (Wildman–Crippen LogP) is 4.67. The fourth-order valence-electron chi connectivity index (χ4n) is 9.37. The number of ketones is 1. The number of hydrogen-bond acceptors (Lipinski definition) is 6. The minimum Gasteiger partial charge on any atom is -0.462 e. The summed E-state index contributed by atoms with van der Waals surface area (Å²) in [6, 6.07) is 0. The summed E-state index contributed by atoms with van der Waals surface area (Å²) in [6.07, 6.45) is 4.06. The maximum atomic E-state index is 13.8. The van der Waals surface area contributed by atoms with E-state index in [4.69, 9.17) is 4.74 Å². The molecule has 11 atom stereocenters. The first-order valence-corrected chi connectivity index (χ1v) is 14.4. The first-order valence-electron chi connectivity index (χ1n) is 14.4. The highest BCUT2D eigenvalue weighted by molar-refractivity contribution is 5.86. The molecule has 0 spiro atoms. The van der Waals surface area contributed by atoms with Crippen molar-refractivity contribution >= 4 is 11.8 Å². The van der Waals surface area contributed by atoms with Gasteiger partial charge in [0.25, 0.3) is 0 Å². The van der Waals surface area contributed by atoms with Gasteiger partial charge in [0.05, 0.1) is 17.6 Å². The Kier molecular flexibility index (Phi) is 7.27. The molecule has 36 heavy (non-hydrogen) atoms. The molecule has 0 aromatic rings. The lowest BCUT2D eigenvalue weighted by Gasteiger charge is -2.68. The second kappa shape index (κ2) is 9.34. The molecule has 0 heterocycles. The minimum atomic E-state index is -1.69. The number of aliphatic hydroxyl groups excluding tert-OH is 1. The van der Waals surface area contributed by atoms with E-state index < -0.39 is 40.7 Å². The fourth-order valence-corrected chi connectivity index (χ4v) is 9.37. The van der Waals surface area contributed by atoms with Crippen molar-refractivity contribution in [3.63, 3.8) is 0 Å². The van der Waals surface area contributed by atoms with Crippen LogP contribution < -0.4 is 0 Å². The van der Waals surface area contributed by atoms with E-state index in [2.05, 4.69) is 34.6 Å². The van der Waals surface area contributed by atoms with Gasteiger partial charge in [-0.2, -0.15) is 0 Å². The molecule has 4 aliphatic rings. The molecule has 0 aliphatic heterocycles. The smallest absolute Gasteiger partial charge is 0.302 e. The lowest BCUT2D eigenvalue weighted by molar-refractivity contribution is -0.310. The van der Waals surface area contributed by atoms with E-state index in [0.29, 0.717) is 42.9 Å². The first-order chi connectivity index (χ1) is 16.6. The molecule has 3 N–H and O–H groups in total. The standard InChI is InChI=1S/C30H50O6/c1-17(2)18(3)8-9-19(4)22-10-11-23-26-24(32)15-29(34)14-21(36-20(5)31)12-13-28(29,7)30(26,35)25(33)16-27(22,23)6/h17-19,21-23,25-26,33-35H,8-16H2,1-7H3/t18-,19+,21?,22?,23?,25?,26?,27?,28?,29-,30+/m0/s1. The Morgan fingerprint density at radius 1 is 1.06 bits per heavy atom. The highest BCUT2D eigenvalue weighted by Gasteiger charge is 2.76. The number of rotatable bonds is 6. The van der Waals surface area contributed by atoms with Gasteiger partial charge in [0, 0.05) is 25.2 Å². The van der Waals surface area contributed by atoms with Gasteiger partial charge in [0.15, 0.2) is 0 Å². The van der Waals surface area contributed by atoms with Crippen LogP contribution in [0.4, 0.5) is 0 Å². The molecule has 6 heteroatoms. The molecular weight excluding hydrogens is 456 g/mol. The topological polar surface area (TPSA) is 104 Å². The molecule has 4 fully saturated rings. The number of aliphatic hydroxyl groups is 3. The highest BCUT2D eigenvalue weighted by atomic mass is 16.5. The zero-order valence-electron chi connectivity index (χ0n) is 23.5. The molecule has 4 rings (SSSR count). The van der Waals surface area contributed by atoms with Crippen molar-refractivity contribution in [2.45, 2.75) is 130 Å². The van der Waals surface area contributed by atoms with Crippen LogP contribution in [0.25, 0.3) is 0 Å². The van der Waals surface area contributed by atoms with Gasteiger partial charge in [-0.05, 0) is 67.1 Å². The van der Waals surface area contributed by atoms with Crippen LogP contribution in [0.2, 0.25) is 0 Å². The maximum absolute atomic E-state index is 13.8. The van der Waals surface area contributed by atoms with E-state index in [1.54, 1.807) is 0 Å². The molecule has 0 saturated heterocycles. The average Bonchev–Trinajstić information content (AvgIpc) is 3.09. The van der Waals surface area contributed by atoms with Crippen LogP contribution in [0.1, 0.15) is 106 Å². The second-order valence-corrected chi connectivity index (χ2v) is 14.1. The highest BCUT2D eigenvalue weighted by Crippen LogP contribution is 2.70. The first kappa shape index (κ1) is 28.0. The molecule has 0 amide bonds. The predicted molar refractivity (Wildman–Crippen MR) is 138 cm³/mol. The Labute approximate surface area is 217 Å². The van der Waals surface area contributed by atoms with Gasteiger partial charge < -0.3 is 20.1 Å². The molecular formula is C30H50O6. The number of carbonyl (C=O) groups is 2. The van der Waals surface area contributed by atoms with Crippen molar-refractivity contribution in [1.82, 2.24) is 0 Å². The lowest BCUT2D eigenvalue weighted by Crippen LogP contribution is -2.78. The van der Waals surface area contributed by atoms with Crippen molar-refractivity contribution in [1.29, 1.82) is 0 Å². The monoisotopic (exact) mass is 506 g/mol. The van der Waals surface area contributed by atoms with E-state index in [1.165, 1.54) is 13.3 Å². The average molecular weight is 507 g/mol. The Morgan fingerprint density at radius 2 is 1.72 bits per heavy atom. The number of hydrogen-bond donors (Lipinski definition) is 3. The van der Waals surface area contributed by atoms with Gasteiger partial charge in [-0.15, -0.1) is 0 Å². The molecule has 6 nitrogen and oxygen atoms in total. The zero-order chi connectivity index (χ0) is 26.8. The van der Waals surface area contributed by atoms with Gasteiger partial charge in [-0.3, -0.25) is 9.59 Å². The van der Waals surface area contributed by atoms with Crippen molar-refractivity contribution in [3.05, 3.63) is 0 Å². The molecule has 7 unspecified atom stereocenters. The Balaban J connectivity index is 1.62. The summed E-state index contributed by atoms with van der Waals surface area (Å²) in [5.74, 6) is 0.998. The number of carbonyl (C=O) groups excluding carboxylic acids is 2. The molecule has 0 radical (unpaired) electrons. The number of ether oxygens (including phenoxy) is 1. The van der Waals surface area contributed by atoms with Gasteiger partial charge in [-0.1, -0.05) is 54.4 Å². The summed E-state index contributed by atoms with van der Waals surface area (Å²) in [5.41, 5.74) is -4.47. The Bertz CT molecular complexity index is 872. The lowest BCUT2D eigenvalue weighted by atomic mass is 9.39. The normalized spacial score (nSPS) is 48.1. The molecule has 206 valence electrons. The van der Waals surface area contributed by atoms with Crippen LogP contribution in [0, 0.1) is 46.3 Å². The number of esters is 1. The summed E-state index contributed by atoms with van der Waals surface area (Å²) in [7, 11) is 0. The van der Waals surface area contributed by atoms with Gasteiger partial charge in [0.1, 0.15) is 17.5 Å². The van der Waals surface area contributed by atoms with Crippen molar-refractivity contribution in [3.8, 4) is 0 Å². The Morgan fingerprint density at radius 3 is 2.33 bits per heavy atom. The van der Waals surface area contributed by atoms with Crippen molar-refractivity contribution in [2.24, 2.45) is 46.3 Å². The van der Waals surface area contributed by atoms with E-state index >= 15 is 0 Å². The van der Waals surface area contributed by atoms with Crippen LogP contribution in [-0.4, -0.2) is 50.5 Å². The van der Waals surface area contributed by atoms with E-state index in [-0.39, 0.29) is 30.0 Å². The molecule has 4 saturated carbocycles. The molecule has 0 aromatic heterocycles. The SMILES string of the molecule is CC(=O)OC1CCC2(C)[C@@](O)(CC(=O)C3C4CCC([C@H](C)CC[C@H](C)C(C)C)C4(C)CC(O)[C@@]32O)C1. The van der Waals surface area contributed by atoms with Gasteiger partial charge in [-0.25, -0.2) is 0 Å². The number of fused-ring (bicyclic) bond motifs is 5. The van der Waals surface area contributed by atoms with Crippen LogP contribution in [0.5, 0.6) is 0 Å². The molecule has 4 aliphatic carbocycles. The molecule has 0 bridgehead atoms. The molecule has 0 aromatic carbocycles. The van der Waals surface area contributed by atoms with E-state index in [0.717, 1.165) is 19.3 Å².